The van der Waals surface area contributed by atoms with Gasteiger partial charge < -0.3 is 20.1 Å². The quantitative estimate of drug-likeness (QED) is 0.765. The third-order valence-electron chi connectivity index (χ3n) is 4.19. The minimum absolute atomic E-state index is 0.00184. The van der Waals surface area contributed by atoms with E-state index in [-0.39, 0.29) is 11.8 Å². The highest BCUT2D eigenvalue weighted by molar-refractivity contribution is 5.82. The van der Waals surface area contributed by atoms with Gasteiger partial charge in [-0.15, -0.1) is 0 Å². The van der Waals surface area contributed by atoms with Crippen LogP contribution in [0.25, 0.3) is 0 Å². The summed E-state index contributed by atoms with van der Waals surface area (Å²) < 4.78 is 5.02. The molecule has 138 valence electrons. The van der Waals surface area contributed by atoms with Gasteiger partial charge >= 0.3 is 0 Å². The summed E-state index contributed by atoms with van der Waals surface area (Å²) >= 11 is 0. The number of nitrogens with zero attached hydrogens (tertiary/aromatic N) is 3. The topological polar surface area (TPSA) is 100 Å². The Morgan fingerprint density at radius 3 is 2.85 bits per heavy atom. The second kappa shape index (κ2) is 8.46. The van der Waals surface area contributed by atoms with Crippen molar-refractivity contribution in [3.05, 3.63) is 41.5 Å². The van der Waals surface area contributed by atoms with E-state index < -0.39 is 0 Å². The molecule has 1 fully saturated rings. The molecule has 1 aromatic carbocycles. The Morgan fingerprint density at radius 2 is 2.15 bits per heavy atom. The molecule has 0 unspecified atom stereocenters. The maximum Gasteiger partial charge on any atom is 0.239 e. The molecule has 1 aliphatic heterocycles. The molecule has 0 spiro atoms. The lowest BCUT2D eigenvalue weighted by Crippen LogP contribution is -2.47. The van der Waals surface area contributed by atoms with Crippen LogP contribution < -0.4 is 15.5 Å². The molecule has 26 heavy (non-hydrogen) atoms. The number of piperazine rings is 1. The minimum atomic E-state index is -0.00184. The highest BCUT2D eigenvalue weighted by Crippen LogP contribution is 2.16. The van der Waals surface area contributed by atoms with E-state index in [0.717, 1.165) is 17.8 Å². The zero-order valence-corrected chi connectivity index (χ0v) is 14.8. The summed E-state index contributed by atoms with van der Waals surface area (Å²) in [4.78, 5) is 29.5. The molecule has 8 heteroatoms. The Kier molecular flexibility index (Phi) is 5.83. The molecule has 2 amide bonds. The van der Waals surface area contributed by atoms with Crippen molar-refractivity contribution in [2.45, 2.75) is 32.7 Å². The molecule has 1 saturated heterocycles. The van der Waals surface area contributed by atoms with Crippen LogP contribution in [-0.2, 0) is 22.6 Å². The van der Waals surface area contributed by atoms with Crippen molar-refractivity contribution in [2.75, 3.05) is 24.5 Å². The standard InChI is InChI=1S/C18H23N5O3/c1-13-21-18(26-22-13)4-2-3-16(24)20-11-14-5-7-15(8-6-14)23-10-9-19-17(25)12-23/h5-8H,2-4,9-12H2,1H3,(H,19,25)(H,20,24). The van der Waals surface area contributed by atoms with Crippen molar-refractivity contribution in [1.82, 2.24) is 20.8 Å². The van der Waals surface area contributed by atoms with Gasteiger partial charge in [-0.05, 0) is 31.0 Å². The van der Waals surface area contributed by atoms with Gasteiger partial charge in [-0.3, -0.25) is 9.59 Å². The Bertz CT molecular complexity index is 756. The molecule has 8 nitrogen and oxygen atoms in total. The number of amides is 2. The second-order valence-electron chi connectivity index (χ2n) is 6.30. The lowest BCUT2D eigenvalue weighted by molar-refractivity contribution is -0.121. The van der Waals surface area contributed by atoms with Crippen LogP contribution in [0.15, 0.2) is 28.8 Å². The molecule has 0 atom stereocenters. The first-order valence-electron chi connectivity index (χ1n) is 8.76. The fourth-order valence-electron chi connectivity index (χ4n) is 2.81. The number of rotatable bonds is 7. The average molecular weight is 357 g/mol. The summed E-state index contributed by atoms with van der Waals surface area (Å²) in [6.07, 6.45) is 1.69. The van der Waals surface area contributed by atoms with Crippen LogP contribution in [0.4, 0.5) is 5.69 Å². The number of aromatic nitrogens is 2. The molecule has 2 aromatic rings. The first kappa shape index (κ1) is 17.9. The number of carbonyl (C=O) groups excluding carboxylic acids is 2. The fourth-order valence-corrected chi connectivity index (χ4v) is 2.81. The molecular formula is C18H23N5O3. The third kappa shape index (κ3) is 5.05. The van der Waals surface area contributed by atoms with Crippen molar-refractivity contribution in [3.63, 3.8) is 0 Å². The summed E-state index contributed by atoms with van der Waals surface area (Å²) in [5.74, 6) is 1.22. The Balaban J connectivity index is 1.39. The van der Waals surface area contributed by atoms with E-state index in [4.69, 9.17) is 4.52 Å². The van der Waals surface area contributed by atoms with E-state index in [1.165, 1.54) is 0 Å². The van der Waals surface area contributed by atoms with E-state index in [2.05, 4.69) is 20.8 Å². The van der Waals surface area contributed by atoms with Crippen molar-refractivity contribution in [1.29, 1.82) is 0 Å². The third-order valence-corrected chi connectivity index (χ3v) is 4.19. The van der Waals surface area contributed by atoms with Gasteiger partial charge in [0.1, 0.15) is 0 Å². The Labute approximate surface area is 151 Å². The number of anilines is 1. The summed E-state index contributed by atoms with van der Waals surface area (Å²) in [6, 6.07) is 7.92. The summed E-state index contributed by atoms with van der Waals surface area (Å²) in [7, 11) is 0. The molecular weight excluding hydrogens is 334 g/mol. The van der Waals surface area contributed by atoms with Gasteiger partial charge in [0, 0.05) is 38.2 Å². The molecule has 0 aliphatic carbocycles. The summed E-state index contributed by atoms with van der Waals surface area (Å²) in [5, 5.41) is 9.45. The van der Waals surface area contributed by atoms with Crippen LogP contribution in [0.2, 0.25) is 0 Å². The van der Waals surface area contributed by atoms with E-state index in [1.807, 2.05) is 29.2 Å². The predicted octanol–water partition coefficient (Wildman–Crippen LogP) is 0.953. The van der Waals surface area contributed by atoms with Gasteiger partial charge in [0.2, 0.25) is 17.7 Å². The number of hydrogen-bond acceptors (Lipinski definition) is 6. The number of benzene rings is 1. The summed E-state index contributed by atoms with van der Waals surface area (Å²) in [6.45, 7) is 4.11. The van der Waals surface area contributed by atoms with Gasteiger partial charge in [0.25, 0.3) is 0 Å². The average Bonchev–Trinajstić information content (AvgIpc) is 3.05. The zero-order chi connectivity index (χ0) is 18.4. The Morgan fingerprint density at radius 1 is 1.35 bits per heavy atom. The highest BCUT2D eigenvalue weighted by Gasteiger charge is 2.16. The number of aryl methyl sites for hydroxylation is 2. The van der Waals surface area contributed by atoms with Gasteiger partial charge in [0.15, 0.2) is 5.82 Å². The number of hydrogen-bond donors (Lipinski definition) is 2. The molecule has 2 N–H and O–H groups in total. The van der Waals surface area contributed by atoms with Gasteiger partial charge in [0.05, 0.1) is 6.54 Å². The van der Waals surface area contributed by atoms with Crippen LogP contribution in [0.1, 0.15) is 30.1 Å². The summed E-state index contributed by atoms with van der Waals surface area (Å²) in [5.41, 5.74) is 2.04. The van der Waals surface area contributed by atoms with Crippen LogP contribution in [0.3, 0.4) is 0 Å². The normalized spacial score (nSPS) is 14.2. The maximum atomic E-state index is 11.9. The van der Waals surface area contributed by atoms with Crippen molar-refractivity contribution < 1.29 is 14.1 Å². The lowest BCUT2D eigenvalue weighted by Gasteiger charge is -2.28. The van der Waals surface area contributed by atoms with E-state index in [9.17, 15) is 9.59 Å². The maximum absolute atomic E-state index is 11.9. The van der Waals surface area contributed by atoms with Crippen molar-refractivity contribution in [3.8, 4) is 0 Å². The smallest absolute Gasteiger partial charge is 0.239 e. The zero-order valence-electron chi connectivity index (χ0n) is 14.8. The van der Waals surface area contributed by atoms with Crippen molar-refractivity contribution >= 4 is 17.5 Å². The van der Waals surface area contributed by atoms with Crippen LogP contribution in [0.5, 0.6) is 0 Å². The van der Waals surface area contributed by atoms with E-state index in [1.54, 1.807) is 6.92 Å². The highest BCUT2D eigenvalue weighted by atomic mass is 16.5. The molecule has 0 radical (unpaired) electrons. The molecule has 2 heterocycles. The molecule has 0 saturated carbocycles. The fraction of sp³-hybridized carbons (Fsp3) is 0.444. The monoisotopic (exact) mass is 357 g/mol. The molecule has 0 bridgehead atoms. The van der Waals surface area contributed by atoms with E-state index >= 15 is 0 Å². The Hall–Kier alpha value is -2.90. The van der Waals surface area contributed by atoms with Gasteiger partial charge in [-0.25, -0.2) is 0 Å². The molecule has 1 aliphatic rings. The first-order chi connectivity index (χ1) is 12.6. The van der Waals surface area contributed by atoms with Crippen LogP contribution in [-0.4, -0.2) is 41.6 Å². The minimum Gasteiger partial charge on any atom is -0.360 e. The van der Waals surface area contributed by atoms with Crippen LogP contribution in [0, 0.1) is 6.92 Å². The predicted molar refractivity (Wildman–Crippen MR) is 95.5 cm³/mol. The molecule has 1 aromatic heterocycles. The van der Waals surface area contributed by atoms with E-state index in [0.29, 0.717) is 50.6 Å². The molecule has 3 rings (SSSR count). The largest absolute Gasteiger partial charge is 0.360 e. The second-order valence-corrected chi connectivity index (χ2v) is 6.30. The SMILES string of the molecule is Cc1noc(CCCC(=O)NCc2ccc(N3CCNC(=O)C3)cc2)n1. The van der Waals surface area contributed by atoms with Crippen molar-refractivity contribution in [2.24, 2.45) is 0 Å². The number of nitrogens with one attached hydrogen (secondary N) is 2. The van der Waals surface area contributed by atoms with Gasteiger partial charge in [-0.1, -0.05) is 17.3 Å². The lowest BCUT2D eigenvalue weighted by atomic mass is 10.1. The van der Waals surface area contributed by atoms with Crippen LogP contribution >= 0.6 is 0 Å². The number of carbonyl (C=O) groups is 2. The van der Waals surface area contributed by atoms with Gasteiger partial charge in [-0.2, -0.15) is 4.98 Å². The first-order valence-corrected chi connectivity index (χ1v) is 8.76.